The minimum absolute atomic E-state index is 0.141. The smallest absolute Gasteiger partial charge is 0.224 e. The molecule has 32 heavy (non-hydrogen) atoms. The Kier molecular flexibility index (Phi) is 6.89. The van der Waals surface area contributed by atoms with Gasteiger partial charge in [0.15, 0.2) is 0 Å². The summed E-state index contributed by atoms with van der Waals surface area (Å²) in [7, 11) is 0. The van der Waals surface area contributed by atoms with Crippen LogP contribution in [-0.2, 0) is 22.6 Å². The fraction of sp³-hybridized carbons (Fsp3) is 0.500. The number of primary amides is 1. The second kappa shape index (κ2) is 9.82. The lowest BCUT2D eigenvalue weighted by Crippen LogP contribution is -2.48. The van der Waals surface area contributed by atoms with Crippen LogP contribution in [0.25, 0.3) is 0 Å². The van der Waals surface area contributed by atoms with Gasteiger partial charge in [-0.2, -0.15) is 0 Å². The summed E-state index contributed by atoms with van der Waals surface area (Å²) in [5.41, 5.74) is 9.23. The first kappa shape index (κ1) is 22.5. The van der Waals surface area contributed by atoms with Gasteiger partial charge in [0.05, 0.1) is 5.41 Å². The zero-order valence-corrected chi connectivity index (χ0v) is 19.0. The van der Waals surface area contributed by atoms with Crippen LogP contribution in [0.2, 0.25) is 0 Å². The molecule has 0 radical (unpaired) electrons. The highest BCUT2D eigenvalue weighted by Crippen LogP contribution is 2.38. The van der Waals surface area contributed by atoms with Crippen molar-refractivity contribution in [3.8, 4) is 0 Å². The van der Waals surface area contributed by atoms with Crippen LogP contribution in [-0.4, -0.2) is 52.8 Å². The number of nitrogens with zero attached hydrogens (tertiary/aromatic N) is 3. The Balaban J connectivity index is 1.48. The van der Waals surface area contributed by atoms with Gasteiger partial charge in [0.1, 0.15) is 0 Å². The van der Waals surface area contributed by atoms with Crippen molar-refractivity contribution >= 4 is 11.8 Å². The van der Waals surface area contributed by atoms with Gasteiger partial charge in [0, 0.05) is 44.9 Å². The summed E-state index contributed by atoms with van der Waals surface area (Å²) < 4.78 is 0. The number of carbonyl (C=O) groups excluding carboxylic acids is 2. The van der Waals surface area contributed by atoms with Crippen LogP contribution in [0, 0.1) is 5.41 Å². The van der Waals surface area contributed by atoms with Gasteiger partial charge in [0.2, 0.25) is 11.8 Å². The Bertz CT molecular complexity index is 938. The number of nitrogens with two attached hydrogens (primary N) is 1. The van der Waals surface area contributed by atoms with E-state index < -0.39 is 5.41 Å². The topological polar surface area (TPSA) is 79.5 Å². The summed E-state index contributed by atoms with van der Waals surface area (Å²) in [6, 6.07) is 12.5. The molecule has 2 N–H and O–H groups in total. The van der Waals surface area contributed by atoms with Crippen molar-refractivity contribution in [1.29, 1.82) is 0 Å². The summed E-state index contributed by atoms with van der Waals surface area (Å²) >= 11 is 0. The van der Waals surface area contributed by atoms with E-state index in [9.17, 15) is 9.59 Å². The van der Waals surface area contributed by atoms with Gasteiger partial charge >= 0.3 is 0 Å². The van der Waals surface area contributed by atoms with Crippen LogP contribution in [0.5, 0.6) is 0 Å². The molecule has 0 saturated carbocycles. The SMILES string of the molecule is CC(=O)N1CCC[C@@H](c2ccccc2CC2(C(N)=O)CCN(Cc3ccncc3)CC2)C1. The highest BCUT2D eigenvalue weighted by atomic mass is 16.2. The number of carbonyl (C=O) groups is 2. The summed E-state index contributed by atoms with van der Waals surface area (Å²) in [5, 5.41) is 0. The van der Waals surface area contributed by atoms with Crippen LogP contribution in [0.4, 0.5) is 0 Å². The van der Waals surface area contributed by atoms with Gasteiger partial charge in [-0.1, -0.05) is 24.3 Å². The molecule has 2 saturated heterocycles. The van der Waals surface area contributed by atoms with Gasteiger partial charge in [-0.05, 0) is 74.0 Å². The van der Waals surface area contributed by atoms with Crippen molar-refractivity contribution < 1.29 is 9.59 Å². The lowest BCUT2D eigenvalue weighted by Gasteiger charge is -2.41. The molecule has 6 heteroatoms. The lowest BCUT2D eigenvalue weighted by molar-refractivity contribution is -0.130. The average Bonchev–Trinajstić information content (AvgIpc) is 2.81. The van der Waals surface area contributed by atoms with Crippen molar-refractivity contribution in [1.82, 2.24) is 14.8 Å². The molecule has 2 aliphatic rings. The fourth-order valence-electron chi connectivity index (χ4n) is 5.37. The van der Waals surface area contributed by atoms with E-state index in [0.717, 1.165) is 58.4 Å². The van der Waals surface area contributed by atoms with Gasteiger partial charge < -0.3 is 10.6 Å². The zero-order valence-electron chi connectivity index (χ0n) is 19.0. The molecule has 0 unspecified atom stereocenters. The number of rotatable bonds is 6. The molecule has 4 rings (SSSR count). The normalized spacial score (nSPS) is 21.3. The summed E-state index contributed by atoms with van der Waals surface area (Å²) in [6.07, 6.45) is 7.95. The number of likely N-dealkylation sites (tertiary alicyclic amines) is 2. The van der Waals surface area contributed by atoms with Crippen molar-refractivity contribution in [2.45, 2.75) is 51.5 Å². The summed E-state index contributed by atoms with van der Waals surface area (Å²) in [4.78, 5) is 33.1. The molecule has 2 amide bonds. The molecular weight excluding hydrogens is 400 g/mol. The maximum absolute atomic E-state index is 12.7. The molecule has 1 aromatic heterocycles. The highest BCUT2D eigenvalue weighted by Gasteiger charge is 2.40. The molecule has 1 atom stereocenters. The Morgan fingerprint density at radius 3 is 2.50 bits per heavy atom. The molecule has 0 aliphatic carbocycles. The molecule has 2 aromatic rings. The molecule has 2 fully saturated rings. The molecule has 3 heterocycles. The molecular formula is C26H34N4O2. The maximum atomic E-state index is 12.7. The second-order valence-corrected chi connectivity index (χ2v) is 9.46. The largest absolute Gasteiger partial charge is 0.369 e. The predicted molar refractivity (Wildman–Crippen MR) is 125 cm³/mol. The third kappa shape index (κ3) is 5.01. The first-order valence-corrected chi connectivity index (χ1v) is 11.7. The molecule has 6 nitrogen and oxygen atoms in total. The number of hydrogen-bond acceptors (Lipinski definition) is 4. The van der Waals surface area contributed by atoms with Crippen LogP contribution in [0.1, 0.15) is 55.2 Å². The monoisotopic (exact) mass is 434 g/mol. The average molecular weight is 435 g/mol. The standard InChI is InChI=1S/C26H34N4O2/c1-20(31)30-14-4-6-23(19-30)24-7-3-2-5-22(24)17-26(25(27)32)10-15-29(16-11-26)18-21-8-12-28-13-9-21/h2-3,5,7-9,12-13,23H,4,6,10-11,14-19H2,1H3,(H2,27,32)/t23-/m1/s1. The van der Waals surface area contributed by atoms with Gasteiger partial charge in [-0.3, -0.25) is 19.5 Å². The van der Waals surface area contributed by atoms with Crippen molar-refractivity contribution in [2.24, 2.45) is 11.1 Å². The van der Waals surface area contributed by atoms with E-state index in [1.807, 2.05) is 29.4 Å². The van der Waals surface area contributed by atoms with Gasteiger partial charge in [-0.25, -0.2) is 0 Å². The molecule has 2 aliphatic heterocycles. The Morgan fingerprint density at radius 1 is 1.09 bits per heavy atom. The van der Waals surface area contributed by atoms with Crippen molar-refractivity contribution in [2.75, 3.05) is 26.2 Å². The van der Waals surface area contributed by atoms with Gasteiger partial charge in [-0.15, -0.1) is 0 Å². The number of hydrogen-bond donors (Lipinski definition) is 1. The predicted octanol–water partition coefficient (Wildman–Crippen LogP) is 3.12. The van der Waals surface area contributed by atoms with Gasteiger partial charge in [0.25, 0.3) is 0 Å². The van der Waals surface area contributed by atoms with Crippen LogP contribution >= 0.6 is 0 Å². The third-order valence-electron chi connectivity index (χ3n) is 7.38. The van der Waals surface area contributed by atoms with E-state index >= 15 is 0 Å². The number of pyridine rings is 1. The molecule has 0 bridgehead atoms. The van der Waals surface area contributed by atoms with Crippen LogP contribution in [0.15, 0.2) is 48.8 Å². The van der Waals surface area contributed by atoms with E-state index in [4.69, 9.17) is 5.73 Å². The molecule has 1 aromatic carbocycles. The van der Waals surface area contributed by atoms with Crippen LogP contribution < -0.4 is 5.73 Å². The van der Waals surface area contributed by atoms with E-state index in [1.54, 1.807) is 6.92 Å². The molecule has 170 valence electrons. The number of aromatic nitrogens is 1. The minimum atomic E-state index is -0.514. The number of benzene rings is 1. The lowest BCUT2D eigenvalue weighted by atomic mass is 9.71. The fourth-order valence-corrected chi connectivity index (χ4v) is 5.37. The first-order chi connectivity index (χ1) is 15.5. The quantitative estimate of drug-likeness (QED) is 0.758. The van der Waals surface area contributed by atoms with E-state index in [2.05, 4.69) is 34.1 Å². The number of piperidine rings is 2. The van der Waals surface area contributed by atoms with E-state index in [0.29, 0.717) is 12.3 Å². The highest BCUT2D eigenvalue weighted by molar-refractivity contribution is 5.81. The first-order valence-electron chi connectivity index (χ1n) is 11.7. The molecule has 0 spiro atoms. The van der Waals surface area contributed by atoms with E-state index in [-0.39, 0.29) is 11.8 Å². The minimum Gasteiger partial charge on any atom is -0.369 e. The number of amides is 2. The summed E-state index contributed by atoms with van der Waals surface area (Å²) in [6.45, 7) is 5.83. The summed E-state index contributed by atoms with van der Waals surface area (Å²) in [5.74, 6) is 0.271. The van der Waals surface area contributed by atoms with Crippen molar-refractivity contribution in [3.05, 3.63) is 65.5 Å². The van der Waals surface area contributed by atoms with Crippen molar-refractivity contribution in [3.63, 3.8) is 0 Å². The maximum Gasteiger partial charge on any atom is 0.224 e. The Hall–Kier alpha value is -2.73. The zero-order chi connectivity index (χ0) is 22.6. The third-order valence-corrected chi connectivity index (χ3v) is 7.38. The Labute approximate surface area is 190 Å². The second-order valence-electron chi connectivity index (χ2n) is 9.46. The van der Waals surface area contributed by atoms with E-state index in [1.165, 1.54) is 16.7 Å². The Morgan fingerprint density at radius 2 is 1.81 bits per heavy atom. The van der Waals surface area contributed by atoms with Crippen LogP contribution in [0.3, 0.4) is 0 Å².